The lowest BCUT2D eigenvalue weighted by molar-refractivity contribution is 0.311. The Labute approximate surface area is 166 Å². The number of aryl methyl sites for hydroxylation is 1. The first-order valence-electron chi connectivity index (χ1n) is 9.06. The van der Waals surface area contributed by atoms with Crippen molar-refractivity contribution >= 4 is 27.4 Å². The highest BCUT2D eigenvalue weighted by Gasteiger charge is 2.21. The summed E-state index contributed by atoms with van der Waals surface area (Å²) in [5, 5.41) is 11.5. The van der Waals surface area contributed by atoms with Crippen molar-refractivity contribution in [3.63, 3.8) is 0 Å². The molecule has 0 fully saturated rings. The molecule has 5 rings (SSSR count). The molecular weight excluding hydrogens is 372 g/mol. The van der Waals surface area contributed by atoms with Gasteiger partial charge in [-0.05, 0) is 37.3 Å². The van der Waals surface area contributed by atoms with Gasteiger partial charge in [-0.3, -0.25) is 0 Å². The molecule has 6 nitrogen and oxygen atoms in total. The van der Waals surface area contributed by atoms with Crippen molar-refractivity contribution in [3.8, 4) is 22.1 Å². The Hall–Kier alpha value is -3.19. The smallest absolute Gasteiger partial charge is 0.166 e. The SMILES string of the molecule is Cc1nccc(N2CCOc3c(O)cc(-c4nc5ccccc5s4)cc3C2)n1. The van der Waals surface area contributed by atoms with Gasteiger partial charge in [0.05, 0.1) is 16.8 Å². The molecule has 1 aliphatic rings. The van der Waals surface area contributed by atoms with Crippen LogP contribution in [0.2, 0.25) is 0 Å². The van der Waals surface area contributed by atoms with Crippen LogP contribution in [0.3, 0.4) is 0 Å². The molecule has 28 heavy (non-hydrogen) atoms. The number of thiazole rings is 1. The number of ether oxygens (including phenoxy) is 1. The highest BCUT2D eigenvalue weighted by atomic mass is 32.1. The minimum atomic E-state index is 0.146. The van der Waals surface area contributed by atoms with Crippen molar-refractivity contribution in [2.24, 2.45) is 0 Å². The van der Waals surface area contributed by atoms with Crippen molar-refractivity contribution in [1.82, 2.24) is 15.0 Å². The topological polar surface area (TPSA) is 71.4 Å². The Balaban J connectivity index is 1.56. The van der Waals surface area contributed by atoms with Crippen LogP contribution in [-0.2, 0) is 6.54 Å². The number of rotatable bonds is 2. The van der Waals surface area contributed by atoms with Gasteiger partial charge in [0, 0.05) is 23.9 Å². The Morgan fingerprint density at radius 2 is 2.04 bits per heavy atom. The predicted molar refractivity (Wildman–Crippen MR) is 110 cm³/mol. The molecule has 1 N–H and O–H groups in total. The molecule has 0 radical (unpaired) electrons. The molecule has 0 saturated heterocycles. The van der Waals surface area contributed by atoms with Crippen LogP contribution < -0.4 is 9.64 Å². The molecule has 2 aromatic carbocycles. The van der Waals surface area contributed by atoms with Gasteiger partial charge in [0.15, 0.2) is 11.5 Å². The molecule has 0 bridgehead atoms. The van der Waals surface area contributed by atoms with Crippen LogP contribution >= 0.6 is 11.3 Å². The van der Waals surface area contributed by atoms with Crippen LogP contribution in [0.1, 0.15) is 11.4 Å². The number of nitrogens with zero attached hydrogens (tertiary/aromatic N) is 4. The summed E-state index contributed by atoms with van der Waals surface area (Å²) in [5.74, 6) is 2.27. The maximum atomic E-state index is 10.6. The number of benzene rings is 2. The Morgan fingerprint density at radius 3 is 2.89 bits per heavy atom. The lowest BCUT2D eigenvalue weighted by Crippen LogP contribution is -2.26. The fourth-order valence-corrected chi connectivity index (χ4v) is 4.39. The maximum Gasteiger partial charge on any atom is 0.166 e. The summed E-state index contributed by atoms with van der Waals surface area (Å²) >= 11 is 1.62. The van der Waals surface area contributed by atoms with E-state index in [4.69, 9.17) is 9.72 Å². The van der Waals surface area contributed by atoms with E-state index in [0.29, 0.717) is 25.4 Å². The maximum absolute atomic E-state index is 10.6. The molecule has 3 heterocycles. The first-order chi connectivity index (χ1) is 13.7. The second-order valence-electron chi connectivity index (χ2n) is 6.70. The van der Waals surface area contributed by atoms with Gasteiger partial charge < -0.3 is 14.7 Å². The third kappa shape index (κ3) is 3.03. The van der Waals surface area contributed by atoms with Crippen LogP contribution in [0, 0.1) is 6.92 Å². The van der Waals surface area contributed by atoms with E-state index in [9.17, 15) is 5.11 Å². The van der Waals surface area contributed by atoms with Gasteiger partial charge in [0.1, 0.15) is 23.3 Å². The van der Waals surface area contributed by atoms with Gasteiger partial charge in [-0.15, -0.1) is 11.3 Å². The summed E-state index contributed by atoms with van der Waals surface area (Å²) in [5.41, 5.74) is 2.77. The molecule has 0 unspecified atom stereocenters. The van der Waals surface area contributed by atoms with Gasteiger partial charge in [-0.25, -0.2) is 15.0 Å². The summed E-state index contributed by atoms with van der Waals surface area (Å²) < 4.78 is 6.99. The molecule has 0 saturated carbocycles. The summed E-state index contributed by atoms with van der Waals surface area (Å²) in [4.78, 5) is 15.6. The van der Waals surface area contributed by atoms with E-state index in [1.54, 1.807) is 23.6 Å². The fourth-order valence-electron chi connectivity index (χ4n) is 3.43. The van der Waals surface area contributed by atoms with Crippen molar-refractivity contribution in [3.05, 3.63) is 60.0 Å². The van der Waals surface area contributed by atoms with Crippen LogP contribution in [0.5, 0.6) is 11.5 Å². The fraction of sp³-hybridized carbons (Fsp3) is 0.190. The van der Waals surface area contributed by atoms with E-state index in [-0.39, 0.29) is 5.75 Å². The largest absolute Gasteiger partial charge is 0.504 e. The zero-order valence-corrected chi connectivity index (χ0v) is 16.1. The quantitative estimate of drug-likeness (QED) is 0.554. The second-order valence-corrected chi connectivity index (χ2v) is 7.73. The standard InChI is InChI=1S/C21H18N4O2S/c1-13-22-7-6-19(23-13)25-8-9-27-20-15(12-25)10-14(11-17(20)26)21-24-16-4-2-3-5-18(16)28-21/h2-7,10-11,26H,8-9,12H2,1H3. The molecule has 2 aromatic heterocycles. The Kier molecular flexibility index (Phi) is 4.09. The second kappa shape index (κ2) is 6.76. The van der Waals surface area contributed by atoms with Crippen LogP contribution in [0.25, 0.3) is 20.8 Å². The summed E-state index contributed by atoms with van der Waals surface area (Å²) in [6.45, 7) is 3.63. The molecule has 7 heteroatoms. The summed E-state index contributed by atoms with van der Waals surface area (Å²) in [6.07, 6.45) is 1.76. The zero-order valence-electron chi connectivity index (χ0n) is 15.3. The Bertz CT molecular complexity index is 1140. The van der Waals surface area contributed by atoms with E-state index < -0.39 is 0 Å². The molecule has 140 valence electrons. The highest BCUT2D eigenvalue weighted by Crippen LogP contribution is 2.40. The number of hydrogen-bond acceptors (Lipinski definition) is 7. The molecule has 0 spiro atoms. The molecule has 4 aromatic rings. The number of fused-ring (bicyclic) bond motifs is 2. The van der Waals surface area contributed by atoms with Gasteiger partial charge in [-0.1, -0.05) is 12.1 Å². The monoisotopic (exact) mass is 390 g/mol. The number of hydrogen-bond donors (Lipinski definition) is 1. The minimum Gasteiger partial charge on any atom is -0.504 e. The average molecular weight is 390 g/mol. The van der Waals surface area contributed by atoms with Crippen molar-refractivity contribution < 1.29 is 9.84 Å². The van der Waals surface area contributed by atoms with Crippen molar-refractivity contribution in [2.75, 3.05) is 18.1 Å². The molecule has 0 atom stereocenters. The molecule has 0 aliphatic carbocycles. The number of aromatic hydroxyl groups is 1. The van der Waals surface area contributed by atoms with E-state index in [0.717, 1.165) is 38.0 Å². The average Bonchev–Trinajstić information content (AvgIpc) is 3.01. The first-order valence-corrected chi connectivity index (χ1v) is 9.88. The third-order valence-corrected chi connectivity index (χ3v) is 5.83. The highest BCUT2D eigenvalue weighted by molar-refractivity contribution is 7.21. The lowest BCUT2D eigenvalue weighted by atomic mass is 10.1. The number of aromatic nitrogens is 3. The van der Waals surface area contributed by atoms with E-state index in [2.05, 4.69) is 27.0 Å². The van der Waals surface area contributed by atoms with E-state index >= 15 is 0 Å². The van der Waals surface area contributed by atoms with Crippen LogP contribution in [0.15, 0.2) is 48.7 Å². The Morgan fingerprint density at radius 1 is 1.14 bits per heavy atom. The molecule has 0 amide bonds. The molecule has 1 aliphatic heterocycles. The molecular formula is C21H18N4O2S. The van der Waals surface area contributed by atoms with Gasteiger partial charge >= 0.3 is 0 Å². The number of phenols is 1. The van der Waals surface area contributed by atoms with Gasteiger partial charge in [-0.2, -0.15) is 0 Å². The number of anilines is 1. The zero-order chi connectivity index (χ0) is 19.1. The minimum absolute atomic E-state index is 0.146. The normalized spacial score (nSPS) is 13.8. The predicted octanol–water partition coefficient (Wildman–Crippen LogP) is 4.17. The van der Waals surface area contributed by atoms with Gasteiger partial charge in [0.2, 0.25) is 0 Å². The van der Waals surface area contributed by atoms with E-state index in [1.165, 1.54) is 0 Å². The van der Waals surface area contributed by atoms with Crippen molar-refractivity contribution in [2.45, 2.75) is 13.5 Å². The van der Waals surface area contributed by atoms with Crippen LogP contribution in [-0.4, -0.2) is 33.2 Å². The summed E-state index contributed by atoms with van der Waals surface area (Å²) in [7, 11) is 0. The number of phenolic OH excluding ortho intramolecular Hbond substituents is 1. The van der Waals surface area contributed by atoms with E-state index in [1.807, 2.05) is 31.2 Å². The van der Waals surface area contributed by atoms with Crippen molar-refractivity contribution in [1.29, 1.82) is 0 Å². The third-order valence-electron chi connectivity index (χ3n) is 4.74. The van der Waals surface area contributed by atoms with Gasteiger partial charge in [0.25, 0.3) is 0 Å². The summed E-state index contributed by atoms with van der Waals surface area (Å²) in [6, 6.07) is 13.7. The first kappa shape index (κ1) is 16.9. The lowest BCUT2D eigenvalue weighted by Gasteiger charge is -2.21. The number of para-hydroxylation sites is 1. The van der Waals surface area contributed by atoms with Crippen LogP contribution in [0.4, 0.5) is 5.82 Å².